The monoisotopic (exact) mass is 249 g/mol. The Kier molecular flexibility index (Phi) is 5.65. The molecule has 15 heavy (non-hydrogen) atoms. The van der Waals surface area contributed by atoms with Crippen LogP contribution in [0.3, 0.4) is 0 Å². The van der Waals surface area contributed by atoms with Crippen molar-refractivity contribution >= 4 is 17.9 Å². The van der Waals surface area contributed by atoms with E-state index in [-0.39, 0.29) is 4.90 Å². The van der Waals surface area contributed by atoms with E-state index in [0.29, 0.717) is 0 Å². The Labute approximate surface area is 90.9 Å². The molecule has 0 bridgehead atoms. The highest BCUT2D eigenvalue weighted by Crippen LogP contribution is 2.08. The Morgan fingerprint density at radius 3 is 1.73 bits per heavy atom. The lowest BCUT2D eigenvalue weighted by Crippen LogP contribution is -1.96. The van der Waals surface area contributed by atoms with Crippen molar-refractivity contribution in [3.63, 3.8) is 0 Å². The van der Waals surface area contributed by atoms with Crippen LogP contribution in [0.2, 0.25) is 0 Å². The third-order valence-corrected chi connectivity index (χ3v) is 2.19. The van der Waals surface area contributed by atoms with Crippen LogP contribution in [-0.2, 0) is 14.7 Å². The number of aryl methyl sites for hydroxylation is 1. The van der Waals surface area contributed by atoms with E-state index in [9.17, 15) is 13.0 Å². The van der Waals surface area contributed by atoms with Crippen molar-refractivity contribution in [1.29, 1.82) is 0 Å². The molecule has 1 aromatic rings. The summed E-state index contributed by atoms with van der Waals surface area (Å²) in [5.74, 6) is 0. The van der Waals surface area contributed by atoms with E-state index in [2.05, 4.69) is 0 Å². The molecule has 1 rings (SSSR count). The van der Waals surface area contributed by atoms with Gasteiger partial charge in [-0.05, 0) is 19.1 Å². The summed E-state index contributed by atoms with van der Waals surface area (Å²) in [6, 6.07) is 5.99. The fourth-order valence-electron chi connectivity index (χ4n) is 0.710. The minimum absolute atomic E-state index is 0.0666. The quantitative estimate of drug-likeness (QED) is 0.612. The molecule has 0 radical (unpaired) electrons. The molecule has 0 aliphatic carbocycles. The van der Waals surface area contributed by atoms with Gasteiger partial charge >= 0.3 is 7.80 Å². The summed E-state index contributed by atoms with van der Waals surface area (Å²) in [4.78, 5) is -0.0666. The average molecular weight is 249 g/mol. The summed E-state index contributed by atoms with van der Waals surface area (Å²) in [6.07, 6.45) is 0. The van der Waals surface area contributed by atoms with Gasteiger partial charge in [0, 0.05) is 0 Å². The van der Waals surface area contributed by atoms with Crippen LogP contribution in [0.25, 0.3) is 0 Å². The molecule has 0 amide bonds. The van der Waals surface area contributed by atoms with Crippen LogP contribution >= 0.6 is 7.80 Å². The molecular weight excluding hydrogens is 235 g/mol. The Morgan fingerprint density at radius 1 is 1.13 bits per heavy atom. The van der Waals surface area contributed by atoms with Crippen LogP contribution < -0.4 is 0 Å². The molecule has 0 saturated heterocycles. The molecule has 1 N–H and O–H groups in total. The lowest BCUT2D eigenvalue weighted by Gasteiger charge is -1.95. The third kappa shape index (κ3) is 7.19. The fourth-order valence-corrected chi connectivity index (χ4v) is 1.19. The van der Waals surface area contributed by atoms with Crippen LogP contribution in [0.4, 0.5) is 0 Å². The van der Waals surface area contributed by atoms with Gasteiger partial charge in [0.05, 0.1) is 4.90 Å². The lowest BCUT2D eigenvalue weighted by atomic mass is 10.2. The first-order chi connectivity index (χ1) is 6.73. The van der Waals surface area contributed by atoms with Gasteiger partial charge in [0.2, 0.25) is 0 Å². The fraction of sp³-hybridized carbons (Fsp3) is 0.333. The molecule has 0 aromatic heterocycles. The summed E-state index contributed by atoms with van der Waals surface area (Å²) in [7, 11) is -4.89. The highest BCUT2D eigenvalue weighted by atomic mass is 32.2. The second-order valence-corrected chi connectivity index (χ2v) is 6.15. The number of hydrogen-bond acceptors (Lipinski definition) is 3. The van der Waals surface area contributed by atoms with Crippen LogP contribution in [0.1, 0.15) is 5.56 Å². The molecule has 0 unspecified atom stereocenters. The molecule has 6 heteroatoms. The molecule has 0 spiro atoms. The van der Waals surface area contributed by atoms with E-state index in [1.165, 1.54) is 12.1 Å². The predicted octanol–water partition coefficient (Wildman–Crippen LogP) is 2.32. The first kappa shape index (κ1) is 14.2. The Morgan fingerprint density at radius 2 is 1.47 bits per heavy atom. The number of rotatable bonds is 1. The summed E-state index contributed by atoms with van der Waals surface area (Å²) < 4.78 is 39.1. The maximum absolute atomic E-state index is 10.5. The predicted molar refractivity (Wildman–Crippen MR) is 60.4 cm³/mol. The van der Waals surface area contributed by atoms with E-state index in [4.69, 9.17) is 4.55 Å². The Bertz CT molecular complexity index is 418. The van der Waals surface area contributed by atoms with E-state index in [1.54, 1.807) is 25.5 Å². The largest absolute Gasteiger partial charge is 0.332 e. The normalized spacial score (nSPS) is 10.1. The van der Waals surface area contributed by atoms with Crippen LogP contribution in [0.5, 0.6) is 0 Å². The minimum Gasteiger partial charge on any atom is -0.282 e. The van der Waals surface area contributed by atoms with Gasteiger partial charge in [-0.15, -0.1) is 0 Å². The maximum atomic E-state index is 10.5. The van der Waals surface area contributed by atoms with Crippen LogP contribution in [0, 0.1) is 6.92 Å². The molecule has 0 atom stereocenters. The molecule has 0 aliphatic heterocycles. The van der Waals surface area contributed by atoms with Gasteiger partial charge in [0.1, 0.15) is 13.3 Å². The van der Waals surface area contributed by atoms with E-state index in [1.807, 2.05) is 6.92 Å². The number of benzene rings is 1. The summed E-state index contributed by atoms with van der Waals surface area (Å²) in [5, 5.41) is 0. The lowest BCUT2D eigenvalue weighted by molar-refractivity contribution is 0.483. The highest BCUT2D eigenvalue weighted by molar-refractivity contribution is 7.85. The topological polar surface area (TPSA) is 71.4 Å². The molecular formula is C9H14O4PS+. The van der Waals surface area contributed by atoms with Crippen molar-refractivity contribution in [2.24, 2.45) is 0 Å². The van der Waals surface area contributed by atoms with Gasteiger partial charge < -0.3 is 0 Å². The summed E-state index contributed by atoms with van der Waals surface area (Å²) in [6.45, 7) is 5.19. The molecule has 1 aromatic carbocycles. The zero-order chi connectivity index (χ0) is 12.1. The second kappa shape index (κ2) is 5.95. The first-order valence-corrected chi connectivity index (χ1v) is 7.71. The van der Waals surface area contributed by atoms with Crippen molar-refractivity contribution in [3.8, 4) is 0 Å². The van der Waals surface area contributed by atoms with E-state index >= 15 is 0 Å². The molecule has 0 aliphatic rings. The van der Waals surface area contributed by atoms with Crippen molar-refractivity contribution in [2.45, 2.75) is 11.8 Å². The van der Waals surface area contributed by atoms with Gasteiger partial charge in [-0.2, -0.15) is 8.42 Å². The molecule has 0 fully saturated rings. The van der Waals surface area contributed by atoms with Crippen LogP contribution in [0.15, 0.2) is 29.2 Å². The standard InChI is InChI=1S/C7H8O3S.C2H6OP/c1-6-2-4-7(5-3-6)11(8,9)10;1-4(2)3/h2-5H,1H3,(H,8,9,10);1-2H3/q;+1. The Balaban J connectivity index is 0.000000423. The maximum Gasteiger partial charge on any atom is 0.332 e. The molecule has 84 valence electrons. The third-order valence-electron chi connectivity index (χ3n) is 1.32. The van der Waals surface area contributed by atoms with E-state index < -0.39 is 17.9 Å². The van der Waals surface area contributed by atoms with Crippen molar-refractivity contribution in [1.82, 2.24) is 0 Å². The van der Waals surface area contributed by atoms with Crippen molar-refractivity contribution in [2.75, 3.05) is 13.3 Å². The first-order valence-electron chi connectivity index (χ1n) is 4.12. The zero-order valence-electron chi connectivity index (χ0n) is 8.84. The molecule has 0 heterocycles. The highest BCUT2D eigenvalue weighted by Gasteiger charge is 2.06. The Hall–Kier alpha value is -0.770. The molecule has 4 nitrogen and oxygen atoms in total. The van der Waals surface area contributed by atoms with Gasteiger partial charge in [-0.25, -0.2) is 0 Å². The van der Waals surface area contributed by atoms with Gasteiger partial charge in [0.15, 0.2) is 0 Å². The second-order valence-electron chi connectivity index (χ2n) is 3.10. The van der Waals surface area contributed by atoms with Crippen molar-refractivity contribution in [3.05, 3.63) is 29.8 Å². The van der Waals surface area contributed by atoms with Gasteiger partial charge in [0.25, 0.3) is 10.1 Å². The summed E-state index contributed by atoms with van der Waals surface area (Å²) in [5.41, 5.74) is 0.956. The summed E-state index contributed by atoms with van der Waals surface area (Å²) >= 11 is 0. The number of hydrogen-bond donors (Lipinski definition) is 1. The van der Waals surface area contributed by atoms with E-state index in [0.717, 1.165) is 5.56 Å². The zero-order valence-corrected chi connectivity index (χ0v) is 10.5. The van der Waals surface area contributed by atoms with Gasteiger partial charge in [-0.1, -0.05) is 22.3 Å². The SMILES string of the molecule is C[P+](C)=O.Cc1ccc(S(=O)(=O)O)cc1. The minimum atomic E-state index is -4.02. The van der Waals surface area contributed by atoms with Crippen molar-refractivity contribution < 1.29 is 17.5 Å². The smallest absolute Gasteiger partial charge is 0.282 e. The molecule has 0 saturated carbocycles. The van der Waals surface area contributed by atoms with Crippen LogP contribution in [-0.4, -0.2) is 26.3 Å². The van der Waals surface area contributed by atoms with Gasteiger partial charge in [-0.3, -0.25) is 4.55 Å². The average Bonchev–Trinajstić information content (AvgIpc) is 2.01.